The van der Waals surface area contributed by atoms with Gasteiger partial charge >= 0.3 is 32.7 Å². The van der Waals surface area contributed by atoms with Crippen LogP contribution in [-0.4, -0.2) is 0 Å². The summed E-state index contributed by atoms with van der Waals surface area (Å²) >= 11 is 0. The summed E-state index contributed by atoms with van der Waals surface area (Å²) in [6.07, 6.45) is -1.15. The molecule has 1 aromatic rings. The predicted octanol–water partition coefficient (Wildman–Crippen LogP) is 3.69. The summed E-state index contributed by atoms with van der Waals surface area (Å²) in [6, 6.07) is 1.89. The largest absolute Gasteiger partial charge is 3.00 e. The van der Waals surface area contributed by atoms with Gasteiger partial charge in [-0.05, 0) is 6.42 Å². The van der Waals surface area contributed by atoms with Gasteiger partial charge < -0.3 is 0 Å². The van der Waals surface area contributed by atoms with Crippen molar-refractivity contribution in [2.75, 3.05) is 0 Å². The molecule has 15 heavy (non-hydrogen) atoms. The third-order valence-electron chi connectivity index (χ3n) is 1.83. The maximum absolute atomic E-state index is 12.9. The van der Waals surface area contributed by atoms with E-state index in [1.807, 2.05) is 6.92 Å². The van der Waals surface area contributed by atoms with Crippen LogP contribution in [0.1, 0.15) is 24.5 Å². The Morgan fingerprint density at radius 2 is 1.60 bits per heavy atom. The topological polar surface area (TPSA) is 0 Å². The van der Waals surface area contributed by atoms with Crippen LogP contribution in [0.25, 0.3) is 0 Å². The third kappa shape index (κ3) is 3.76. The van der Waals surface area contributed by atoms with E-state index in [0.29, 0.717) is 18.4 Å². The molecule has 0 fully saturated rings. The van der Waals surface area contributed by atoms with Crippen molar-refractivity contribution in [1.29, 1.82) is 0 Å². The van der Waals surface area contributed by atoms with E-state index in [0.717, 1.165) is 12.1 Å². The SMILES string of the molecule is CCCc1cc(F)c([C-](F)F)c(F)c1.[Y+3]. The molecule has 0 saturated carbocycles. The van der Waals surface area contributed by atoms with E-state index in [-0.39, 0.29) is 32.7 Å². The number of aryl methyl sites for hydroxylation is 1. The van der Waals surface area contributed by atoms with Crippen LogP contribution in [-0.2, 0) is 39.1 Å². The van der Waals surface area contributed by atoms with Crippen molar-refractivity contribution in [3.63, 3.8) is 0 Å². The van der Waals surface area contributed by atoms with Crippen molar-refractivity contribution in [3.8, 4) is 0 Å². The first kappa shape index (κ1) is 14.9. The Kier molecular flexibility index (Phi) is 6.45. The van der Waals surface area contributed by atoms with Crippen molar-refractivity contribution < 1.29 is 50.3 Å². The summed E-state index contributed by atoms with van der Waals surface area (Å²) < 4.78 is 50.0. The molecule has 1 rings (SSSR count). The van der Waals surface area contributed by atoms with Gasteiger partial charge in [-0.2, -0.15) is 0 Å². The molecule has 0 amide bonds. The molecule has 0 aliphatic carbocycles. The van der Waals surface area contributed by atoms with Crippen molar-refractivity contribution in [2.24, 2.45) is 0 Å². The Morgan fingerprint density at radius 3 is 1.93 bits per heavy atom. The van der Waals surface area contributed by atoms with Gasteiger partial charge in [-0.15, -0.1) is 0 Å². The molecule has 0 aromatic heterocycles. The molecule has 0 heterocycles. The van der Waals surface area contributed by atoms with Crippen LogP contribution < -0.4 is 0 Å². The van der Waals surface area contributed by atoms with Crippen LogP contribution in [0.3, 0.4) is 0 Å². The van der Waals surface area contributed by atoms with E-state index in [1.165, 1.54) is 0 Å². The maximum atomic E-state index is 12.9. The minimum Gasteiger partial charge on any atom is -0.283 e. The van der Waals surface area contributed by atoms with Gasteiger partial charge in [-0.1, -0.05) is 36.6 Å². The monoisotopic (exact) mass is 294 g/mol. The van der Waals surface area contributed by atoms with Gasteiger partial charge in [-0.25, -0.2) is 0 Å². The molecule has 0 spiro atoms. The molecular weight excluding hydrogens is 285 g/mol. The zero-order valence-electron chi connectivity index (χ0n) is 8.16. The second-order valence-corrected chi connectivity index (χ2v) is 2.94. The number of benzene rings is 1. The van der Waals surface area contributed by atoms with Gasteiger partial charge in [-0.3, -0.25) is 17.6 Å². The van der Waals surface area contributed by atoms with Gasteiger partial charge in [0.2, 0.25) is 0 Å². The van der Waals surface area contributed by atoms with E-state index >= 15 is 0 Å². The van der Waals surface area contributed by atoms with Gasteiger partial charge in [0.1, 0.15) is 0 Å². The number of hydrogen-bond acceptors (Lipinski definition) is 0. The molecule has 0 atom stereocenters. The minimum atomic E-state index is -2.33. The van der Waals surface area contributed by atoms with Crippen LogP contribution in [0.2, 0.25) is 0 Å². The molecule has 78 valence electrons. The first-order chi connectivity index (χ1) is 6.56. The van der Waals surface area contributed by atoms with Gasteiger partial charge in [0.05, 0.1) is 0 Å². The van der Waals surface area contributed by atoms with E-state index in [1.54, 1.807) is 0 Å². The molecule has 0 aliphatic rings. The summed E-state index contributed by atoms with van der Waals surface area (Å²) in [5, 5.41) is 0. The fraction of sp³-hybridized carbons (Fsp3) is 0.300. The molecule has 0 saturated heterocycles. The molecule has 5 heteroatoms. The molecule has 0 aliphatic heterocycles. The van der Waals surface area contributed by atoms with E-state index in [4.69, 9.17) is 0 Å². The molecule has 0 bridgehead atoms. The van der Waals surface area contributed by atoms with Crippen LogP contribution >= 0.6 is 0 Å². The Labute approximate surface area is 111 Å². The van der Waals surface area contributed by atoms with E-state index in [9.17, 15) is 17.6 Å². The number of halogens is 4. The van der Waals surface area contributed by atoms with E-state index in [2.05, 4.69) is 0 Å². The first-order valence-electron chi connectivity index (χ1n) is 4.22. The quantitative estimate of drug-likeness (QED) is 0.589. The second-order valence-electron chi connectivity index (χ2n) is 2.94. The Balaban J connectivity index is 0.00000196. The van der Waals surface area contributed by atoms with Gasteiger partial charge in [0.25, 0.3) is 0 Å². The average molecular weight is 294 g/mol. The normalized spacial score (nSPS) is 9.67. The third-order valence-corrected chi connectivity index (χ3v) is 1.83. The second kappa shape index (κ2) is 6.49. The van der Waals surface area contributed by atoms with Gasteiger partial charge in [0, 0.05) is 11.6 Å². The van der Waals surface area contributed by atoms with Crippen molar-refractivity contribution >= 4 is 0 Å². The van der Waals surface area contributed by atoms with E-state index < -0.39 is 23.6 Å². The van der Waals surface area contributed by atoms with Crippen LogP contribution in [0.4, 0.5) is 17.6 Å². The van der Waals surface area contributed by atoms with Crippen molar-refractivity contribution in [1.82, 2.24) is 0 Å². The number of hydrogen-bond donors (Lipinski definition) is 0. The van der Waals surface area contributed by atoms with Crippen LogP contribution in [0.15, 0.2) is 12.1 Å². The Hall–Kier alpha value is -0.0861. The molecule has 0 N–H and O–H groups in total. The van der Waals surface area contributed by atoms with Crippen molar-refractivity contribution in [3.05, 3.63) is 41.3 Å². The summed E-state index contributed by atoms with van der Waals surface area (Å²) in [5.74, 6) is -2.40. The predicted molar refractivity (Wildman–Crippen MR) is 44.9 cm³/mol. The van der Waals surface area contributed by atoms with Gasteiger partial charge in [0.15, 0.2) is 6.43 Å². The first-order valence-corrected chi connectivity index (χ1v) is 4.22. The summed E-state index contributed by atoms with van der Waals surface area (Å²) in [6.45, 7) is 1.84. The molecule has 1 aromatic carbocycles. The summed E-state index contributed by atoms with van der Waals surface area (Å²) in [4.78, 5) is 0. The standard InChI is InChI=1S/C10H9F4.Y/c1-2-3-6-4-7(11)9(10(13)14)8(12)5-6;/h4-5H,2-3H2,1H3;/q-1;+3. The zero-order valence-corrected chi connectivity index (χ0v) is 11.0. The fourth-order valence-electron chi connectivity index (χ4n) is 1.24. The van der Waals surface area contributed by atoms with Crippen LogP contribution in [0, 0.1) is 18.1 Å². The minimum absolute atomic E-state index is 0. The van der Waals surface area contributed by atoms with Crippen molar-refractivity contribution in [2.45, 2.75) is 19.8 Å². The molecule has 0 nitrogen and oxygen atoms in total. The maximum Gasteiger partial charge on any atom is 3.00 e. The Morgan fingerprint density at radius 1 is 1.13 bits per heavy atom. The van der Waals surface area contributed by atoms with Crippen LogP contribution in [0.5, 0.6) is 0 Å². The molecular formula is C10H9F4Y+2. The number of rotatable bonds is 3. The average Bonchev–Trinajstić information content (AvgIpc) is 2.01. The Bertz CT molecular complexity index is 302. The summed E-state index contributed by atoms with van der Waals surface area (Å²) in [7, 11) is 0. The zero-order chi connectivity index (χ0) is 10.7. The molecule has 0 radical (unpaired) electrons. The fourth-order valence-corrected chi connectivity index (χ4v) is 1.24. The smallest absolute Gasteiger partial charge is 0.283 e. The molecule has 0 unspecified atom stereocenters. The summed E-state index contributed by atoms with van der Waals surface area (Å²) in [5.41, 5.74) is -0.822.